The van der Waals surface area contributed by atoms with Crippen molar-refractivity contribution in [2.75, 3.05) is 11.0 Å². The second-order valence-corrected chi connectivity index (χ2v) is 11.0. The third-order valence-electron chi connectivity index (χ3n) is 5.76. The van der Waals surface area contributed by atoms with Crippen molar-refractivity contribution in [1.29, 1.82) is 0 Å². The Hall–Kier alpha value is -3.98. The van der Waals surface area contributed by atoms with Gasteiger partial charge in [0.1, 0.15) is 17.7 Å². The summed E-state index contributed by atoms with van der Waals surface area (Å²) in [7, 11) is -2.35. The first-order chi connectivity index (χ1) is 18.5. The number of rotatable bonds is 7. The molecule has 212 valence electrons. The predicted octanol–water partition coefficient (Wildman–Crippen LogP) is 4.14. The zero-order chi connectivity index (χ0) is 29.6. The van der Waals surface area contributed by atoms with Crippen LogP contribution in [-0.4, -0.2) is 36.5 Å². The van der Waals surface area contributed by atoms with Gasteiger partial charge in [-0.3, -0.25) is 14.2 Å². The van der Waals surface area contributed by atoms with E-state index < -0.39 is 51.9 Å². The summed E-state index contributed by atoms with van der Waals surface area (Å²) < 4.78 is 95.0. The lowest BCUT2D eigenvalue weighted by Crippen LogP contribution is -2.45. The maximum Gasteiger partial charge on any atom is 0.471 e. The summed E-state index contributed by atoms with van der Waals surface area (Å²) in [5.74, 6) is -4.55. The summed E-state index contributed by atoms with van der Waals surface area (Å²) in [6.45, 7) is 0. The molecular formula is C24H19ClF5N5O4S. The zero-order valence-electron chi connectivity index (χ0n) is 20.6. The average Bonchev–Trinajstić information content (AvgIpc) is 3.12. The van der Waals surface area contributed by atoms with Crippen LogP contribution in [0.3, 0.4) is 0 Å². The number of carbonyl (C=O) groups excluding carboxylic acids is 1. The molecule has 4 rings (SSSR count). The van der Waals surface area contributed by atoms with E-state index in [1.54, 1.807) is 5.32 Å². The molecule has 1 atom stereocenters. The number of nitrogens with zero attached hydrogens (tertiary/aromatic N) is 3. The van der Waals surface area contributed by atoms with Gasteiger partial charge in [-0.2, -0.15) is 23.0 Å². The van der Waals surface area contributed by atoms with Gasteiger partial charge in [0.2, 0.25) is 15.7 Å². The van der Waals surface area contributed by atoms with Crippen LogP contribution in [0.5, 0.6) is 0 Å². The molecule has 0 aliphatic rings. The lowest BCUT2D eigenvalue weighted by atomic mass is 9.94. The van der Waals surface area contributed by atoms with E-state index in [2.05, 4.69) is 9.82 Å². The molecule has 9 nitrogen and oxygen atoms in total. The molecule has 1 amide bonds. The highest BCUT2D eigenvalue weighted by Crippen LogP contribution is 2.39. The number of sulfonamides is 1. The Labute approximate surface area is 228 Å². The number of nitrogens with one attached hydrogen (secondary N) is 2. The fraction of sp³-hybridized carbons (Fsp3) is 0.208. The number of anilines is 1. The number of carbonyl (C=O) groups is 1. The maximum absolute atomic E-state index is 13.9. The van der Waals surface area contributed by atoms with Crippen LogP contribution in [-0.2, 0) is 28.3 Å². The van der Waals surface area contributed by atoms with Gasteiger partial charge in [0, 0.05) is 31.2 Å². The van der Waals surface area contributed by atoms with Crippen LogP contribution in [0.25, 0.3) is 22.0 Å². The maximum atomic E-state index is 13.9. The molecule has 0 bridgehead atoms. The Morgan fingerprint density at radius 1 is 1.15 bits per heavy atom. The fourth-order valence-corrected chi connectivity index (χ4v) is 5.07. The molecule has 0 spiro atoms. The third kappa shape index (κ3) is 6.09. The molecule has 2 N–H and O–H groups in total. The molecule has 0 aliphatic carbocycles. The van der Waals surface area contributed by atoms with E-state index in [0.717, 1.165) is 24.6 Å². The Balaban J connectivity index is 1.96. The Morgan fingerprint density at radius 3 is 2.40 bits per heavy atom. The van der Waals surface area contributed by atoms with Crippen molar-refractivity contribution < 1.29 is 39.9 Å². The number of aromatic nitrogens is 3. The van der Waals surface area contributed by atoms with Gasteiger partial charge in [0.25, 0.3) is 0 Å². The summed E-state index contributed by atoms with van der Waals surface area (Å²) in [5.41, 5.74) is -0.137. The fourth-order valence-electron chi connectivity index (χ4n) is 4.33. The lowest BCUT2D eigenvalue weighted by molar-refractivity contribution is -0.615. The molecule has 2 heterocycles. The molecule has 2 aromatic heterocycles. The standard InChI is InChI=1S/C24H19ClF5N5O4S/c1-34-21-16(5-6-17(25)19(21)22(32-34)33-40(2,38)39)15-4-3-7-35(37)20(15)18(31-23(36)24(28,29)30)10-12-8-13(26)11-14(27)9-12/h3-9,11,18H,10H2,1-2H3,(H,31,36)(H,32,33)/t18-/m0/s1. The highest BCUT2D eigenvalue weighted by molar-refractivity contribution is 7.92. The molecule has 16 heteroatoms. The number of amides is 1. The molecular weight excluding hydrogens is 585 g/mol. The van der Waals surface area contributed by atoms with E-state index >= 15 is 0 Å². The van der Waals surface area contributed by atoms with Crippen LogP contribution in [0.1, 0.15) is 17.3 Å². The Bertz CT molecular complexity index is 1720. The zero-order valence-corrected chi connectivity index (χ0v) is 22.1. The topological polar surface area (TPSA) is 120 Å². The first kappa shape index (κ1) is 29.0. The van der Waals surface area contributed by atoms with Crippen molar-refractivity contribution in [2.45, 2.75) is 18.6 Å². The first-order valence-corrected chi connectivity index (χ1v) is 13.5. The van der Waals surface area contributed by atoms with Gasteiger partial charge in [-0.15, -0.1) is 0 Å². The number of aryl methyl sites for hydroxylation is 1. The van der Waals surface area contributed by atoms with E-state index in [0.29, 0.717) is 6.07 Å². The highest BCUT2D eigenvalue weighted by Gasteiger charge is 2.41. The van der Waals surface area contributed by atoms with Gasteiger partial charge >= 0.3 is 12.1 Å². The molecule has 4 aromatic rings. The van der Waals surface area contributed by atoms with E-state index in [9.17, 15) is 40.4 Å². The van der Waals surface area contributed by atoms with Crippen molar-refractivity contribution in [3.8, 4) is 11.1 Å². The summed E-state index contributed by atoms with van der Waals surface area (Å²) in [5, 5.41) is 19.2. The highest BCUT2D eigenvalue weighted by atomic mass is 35.5. The minimum Gasteiger partial charge on any atom is -0.618 e. The van der Waals surface area contributed by atoms with Gasteiger partial charge in [-0.05, 0) is 29.8 Å². The van der Waals surface area contributed by atoms with Crippen LogP contribution < -0.4 is 14.8 Å². The minimum absolute atomic E-state index is 0.0115. The van der Waals surface area contributed by atoms with Crippen LogP contribution in [0, 0.1) is 16.8 Å². The van der Waals surface area contributed by atoms with E-state index in [1.165, 1.54) is 36.0 Å². The molecule has 0 unspecified atom stereocenters. The van der Waals surface area contributed by atoms with Crippen LogP contribution in [0.4, 0.5) is 27.8 Å². The van der Waals surface area contributed by atoms with Crippen molar-refractivity contribution in [1.82, 2.24) is 15.1 Å². The smallest absolute Gasteiger partial charge is 0.471 e. The number of alkyl halides is 3. The summed E-state index contributed by atoms with van der Waals surface area (Å²) in [6, 6.07) is 6.02. The number of pyridine rings is 1. The van der Waals surface area contributed by atoms with Crippen molar-refractivity contribution >= 4 is 44.3 Å². The van der Waals surface area contributed by atoms with Gasteiger partial charge in [-0.1, -0.05) is 17.7 Å². The molecule has 0 saturated carbocycles. The largest absolute Gasteiger partial charge is 0.618 e. The summed E-state index contributed by atoms with van der Waals surface area (Å²) >= 11 is 6.35. The van der Waals surface area contributed by atoms with Crippen molar-refractivity contribution in [3.63, 3.8) is 0 Å². The molecule has 0 radical (unpaired) electrons. The van der Waals surface area contributed by atoms with Gasteiger partial charge in [-0.25, -0.2) is 17.2 Å². The Kier molecular flexibility index (Phi) is 7.64. The molecule has 40 heavy (non-hydrogen) atoms. The number of halogens is 6. The third-order valence-corrected chi connectivity index (χ3v) is 6.64. The minimum atomic E-state index is -5.34. The number of benzene rings is 2. The predicted molar refractivity (Wildman–Crippen MR) is 136 cm³/mol. The summed E-state index contributed by atoms with van der Waals surface area (Å²) in [4.78, 5) is 12.0. The van der Waals surface area contributed by atoms with Crippen molar-refractivity contribution in [3.05, 3.63) is 81.8 Å². The van der Waals surface area contributed by atoms with Crippen LogP contribution in [0.2, 0.25) is 5.02 Å². The quantitative estimate of drug-likeness (QED) is 0.187. The molecule has 0 aliphatic heterocycles. The van der Waals surface area contributed by atoms with E-state index in [-0.39, 0.29) is 43.2 Å². The molecule has 0 fully saturated rings. The normalized spacial score (nSPS) is 12.9. The van der Waals surface area contributed by atoms with Gasteiger partial charge in [0.15, 0.2) is 12.0 Å². The molecule has 0 saturated heterocycles. The number of hydrogen-bond donors (Lipinski definition) is 2. The van der Waals surface area contributed by atoms with Crippen molar-refractivity contribution in [2.24, 2.45) is 7.05 Å². The first-order valence-electron chi connectivity index (χ1n) is 11.2. The van der Waals surface area contributed by atoms with Gasteiger partial charge in [0.05, 0.1) is 27.7 Å². The second kappa shape index (κ2) is 10.5. The average molecular weight is 604 g/mol. The monoisotopic (exact) mass is 603 g/mol. The SMILES string of the molecule is Cn1nc(NS(C)(=O)=O)c2c(Cl)ccc(-c3ccc[n+]([O-])c3[C@H](Cc3cc(F)cc(F)c3)NC(=O)C(F)(F)F)c21. The number of hydrogen-bond acceptors (Lipinski definition) is 5. The summed E-state index contributed by atoms with van der Waals surface area (Å²) in [6.07, 6.45) is -4.07. The lowest BCUT2D eigenvalue weighted by Gasteiger charge is -2.22. The van der Waals surface area contributed by atoms with Crippen LogP contribution >= 0.6 is 11.6 Å². The second-order valence-electron chi connectivity index (χ2n) is 8.80. The van der Waals surface area contributed by atoms with E-state index in [1.807, 2.05) is 0 Å². The number of fused-ring (bicyclic) bond motifs is 1. The van der Waals surface area contributed by atoms with E-state index in [4.69, 9.17) is 11.6 Å². The van der Waals surface area contributed by atoms with Crippen LogP contribution in [0.15, 0.2) is 48.7 Å². The van der Waals surface area contributed by atoms with Gasteiger partial charge < -0.3 is 10.5 Å². The molecule has 2 aromatic carbocycles. The Morgan fingerprint density at radius 2 is 1.80 bits per heavy atom.